The van der Waals surface area contributed by atoms with Gasteiger partial charge in [0.2, 0.25) is 10.0 Å². The fourth-order valence-electron chi connectivity index (χ4n) is 3.90. The van der Waals surface area contributed by atoms with Crippen molar-refractivity contribution in [1.82, 2.24) is 24.1 Å². The van der Waals surface area contributed by atoms with E-state index in [4.69, 9.17) is 5.10 Å². The molecule has 4 aromatic rings. The van der Waals surface area contributed by atoms with Crippen molar-refractivity contribution in [3.05, 3.63) is 53.8 Å². The number of fused-ring (bicyclic) bond motifs is 1. The van der Waals surface area contributed by atoms with E-state index in [-0.39, 0.29) is 6.04 Å². The first-order valence-electron chi connectivity index (χ1n) is 9.70. The molecular weight excluding hydrogens is 418 g/mol. The van der Waals surface area contributed by atoms with Crippen LogP contribution in [0.25, 0.3) is 32.7 Å². The van der Waals surface area contributed by atoms with Crippen LogP contribution in [0.2, 0.25) is 0 Å². The third-order valence-electron chi connectivity index (χ3n) is 5.47. The van der Waals surface area contributed by atoms with E-state index in [1.165, 1.54) is 10.6 Å². The minimum atomic E-state index is -3.20. The van der Waals surface area contributed by atoms with E-state index in [9.17, 15) is 8.42 Å². The highest BCUT2D eigenvalue weighted by Gasteiger charge is 2.31. The first-order valence-corrected chi connectivity index (χ1v) is 12.4. The number of hydrogen-bond acceptors (Lipinski definition) is 6. The Kier molecular flexibility index (Phi) is 4.68. The highest BCUT2D eigenvalue weighted by atomic mass is 32.2. The molecule has 1 aromatic carbocycles. The molecule has 30 heavy (non-hydrogen) atoms. The van der Waals surface area contributed by atoms with Crippen molar-refractivity contribution in [3.8, 4) is 22.5 Å². The lowest BCUT2D eigenvalue weighted by Crippen LogP contribution is -2.28. The van der Waals surface area contributed by atoms with Gasteiger partial charge in [-0.1, -0.05) is 12.1 Å². The average molecular weight is 440 g/mol. The number of aromatic nitrogens is 4. The van der Waals surface area contributed by atoms with Crippen LogP contribution in [-0.2, 0) is 10.0 Å². The maximum Gasteiger partial charge on any atom is 0.211 e. The van der Waals surface area contributed by atoms with Crippen LogP contribution >= 0.6 is 11.3 Å². The zero-order valence-corrected chi connectivity index (χ0v) is 18.3. The molecule has 1 atom stereocenters. The molecule has 0 bridgehead atoms. The molecule has 7 nitrogen and oxygen atoms in total. The summed E-state index contributed by atoms with van der Waals surface area (Å²) in [6.07, 6.45) is 4.02. The van der Waals surface area contributed by atoms with Gasteiger partial charge in [-0.2, -0.15) is 9.40 Å². The lowest BCUT2D eigenvalue weighted by molar-refractivity contribution is 0.438. The summed E-state index contributed by atoms with van der Waals surface area (Å²) in [5, 5.41) is 4.88. The predicted octanol–water partition coefficient (Wildman–Crippen LogP) is 3.74. The Morgan fingerprint density at radius 3 is 2.83 bits per heavy atom. The van der Waals surface area contributed by atoms with Crippen LogP contribution in [0.5, 0.6) is 0 Å². The van der Waals surface area contributed by atoms with E-state index in [2.05, 4.69) is 22.1 Å². The fourth-order valence-corrected chi connectivity index (χ4v) is 5.50. The second-order valence-electron chi connectivity index (χ2n) is 7.63. The van der Waals surface area contributed by atoms with Gasteiger partial charge in [-0.15, -0.1) is 11.3 Å². The Bertz CT molecular complexity index is 1340. The molecule has 0 aliphatic carbocycles. The van der Waals surface area contributed by atoms with Crippen LogP contribution in [0.15, 0.2) is 48.1 Å². The molecule has 1 aliphatic heterocycles. The molecule has 0 saturated carbocycles. The Balaban J connectivity index is 1.61. The van der Waals surface area contributed by atoms with Gasteiger partial charge in [-0.05, 0) is 43.2 Å². The minimum absolute atomic E-state index is 0.00386. The first kappa shape index (κ1) is 19.3. The third kappa shape index (κ3) is 3.53. The summed E-state index contributed by atoms with van der Waals surface area (Å²) in [7, 11) is -3.20. The molecule has 1 saturated heterocycles. The maximum absolute atomic E-state index is 11.9. The highest BCUT2D eigenvalue weighted by molar-refractivity contribution is 7.88. The smallest absolute Gasteiger partial charge is 0.211 e. The van der Waals surface area contributed by atoms with E-state index in [1.54, 1.807) is 11.3 Å². The van der Waals surface area contributed by atoms with E-state index in [1.807, 2.05) is 47.6 Å². The molecule has 0 N–H and O–H groups in total. The summed E-state index contributed by atoms with van der Waals surface area (Å²) in [4.78, 5) is 9.05. The maximum atomic E-state index is 11.9. The molecule has 9 heteroatoms. The largest absolute Gasteiger partial charge is 0.267 e. The normalized spacial score (nSPS) is 17.7. The van der Waals surface area contributed by atoms with Gasteiger partial charge < -0.3 is 0 Å². The van der Waals surface area contributed by atoms with Crippen molar-refractivity contribution in [2.24, 2.45) is 0 Å². The van der Waals surface area contributed by atoms with Gasteiger partial charge in [0.05, 0.1) is 33.7 Å². The summed E-state index contributed by atoms with van der Waals surface area (Å²) >= 11 is 1.61. The minimum Gasteiger partial charge on any atom is -0.267 e. The van der Waals surface area contributed by atoms with Crippen molar-refractivity contribution in [2.75, 3.05) is 19.3 Å². The number of thiazole rings is 1. The first-order chi connectivity index (χ1) is 14.4. The average Bonchev–Trinajstić information content (AvgIpc) is 3.44. The Labute approximate surface area is 179 Å². The zero-order chi connectivity index (χ0) is 20.9. The molecular formula is C21H21N5O2S2. The van der Waals surface area contributed by atoms with Crippen molar-refractivity contribution < 1.29 is 8.42 Å². The van der Waals surface area contributed by atoms with Crippen LogP contribution in [0, 0.1) is 6.92 Å². The fraction of sp³-hybridized carbons (Fsp3) is 0.286. The number of aryl methyl sites for hydroxylation is 1. The predicted molar refractivity (Wildman–Crippen MR) is 119 cm³/mol. The van der Waals surface area contributed by atoms with Crippen molar-refractivity contribution in [1.29, 1.82) is 0 Å². The Morgan fingerprint density at radius 2 is 2.07 bits per heavy atom. The second-order valence-corrected chi connectivity index (χ2v) is 10.5. The van der Waals surface area contributed by atoms with Gasteiger partial charge in [-0.25, -0.2) is 13.4 Å². The van der Waals surface area contributed by atoms with Crippen molar-refractivity contribution >= 4 is 31.6 Å². The van der Waals surface area contributed by atoms with Gasteiger partial charge in [0.25, 0.3) is 0 Å². The van der Waals surface area contributed by atoms with Gasteiger partial charge in [0.1, 0.15) is 5.69 Å². The molecule has 0 unspecified atom stereocenters. The van der Waals surface area contributed by atoms with Crippen LogP contribution in [0.1, 0.15) is 18.2 Å². The van der Waals surface area contributed by atoms with E-state index in [0.29, 0.717) is 13.1 Å². The number of hydrogen-bond donors (Lipinski definition) is 0. The molecule has 0 radical (unpaired) electrons. The van der Waals surface area contributed by atoms with Gasteiger partial charge in [0.15, 0.2) is 0 Å². The summed E-state index contributed by atoms with van der Waals surface area (Å²) in [6.45, 7) is 2.92. The van der Waals surface area contributed by atoms with Gasteiger partial charge in [-0.3, -0.25) is 9.67 Å². The molecule has 4 heterocycles. The van der Waals surface area contributed by atoms with Crippen LogP contribution in [0.4, 0.5) is 0 Å². The molecule has 0 spiro atoms. The molecule has 3 aromatic heterocycles. The van der Waals surface area contributed by atoms with Gasteiger partial charge in [0, 0.05) is 30.5 Å². The van der Waals surface area contributed by atoms with E-state index in [0.717, 1.165) is 44.8 Å². The second kappa shape index (κ2) is 7.26. The van der Waals surface area contributed by atoms with E-state index >= 15 is 0 Å². The Morgan fingerprint density at radius 1 is 1.20 bits per heavy atom. The SMILES string of the molecule is Cc1cccc(-c2nn([C@H]3CCN(S(C)(=O)=O)C3)cc2-c2ccc3ncsc3c2)n1. The molecule has 0 amide bonds. The van der Waals surface area contributed by atoms with Gasteiger partial charge >= 0.3 is 0 Å². The number of sulfonamides is 1. The molecule has 154 valence electrons. The lowest BCUT2D eigenvalue weighted by atomic mass is 10.0. The third-order valence-corrected chi connectivity index (χ3v) is 7.54. The monoisotopic (exact) mass is 439 g/mol. The molecule has 1 fully saturated rings. The van der Waals surface area contributed by atoms with Crippen LogP contribution in [0.3, 0.4) is 0 Å². The van der Waals surface area contributed by atoms with Crippen LogP contribution < -0.4 is 0 Å². The lowest BCUT2D eigenvalue weighted by Gasteiger charge is -2.13. The summed E-state index contributed by atoms with van der Waals surface area (Å²) in [6, 6.07) is 12.1. The summed E-state index contributed by atoms with van der Waals surface area (Å²) < 4.78 is 28.4. The van der Waals surface area contributed by atoms with Crippen molar-refractivity contribution in [3.63, 3.8) is 0 Å². The van der Waals surface area contributed by atoms with Crippen LogP contribution in [-0.4, -0.2) is 51.8 Å². The number of rotatable bonds is 4. The number of pyridine rings is 1. The Hall–Kier alpha value is -2.62. The standard InChI is InChI=1S/C21H21N5O2S2/c1-14-4-3-5-19(23-14)21-17(15-6-7-18-20(10-15)29-13-22-18)12-26(24-21)16-8-9-25(11-16)30(2,27)28/h3-7,10,12-13,16H,8-9,11H2,1-2H3/t16-/m0/s1. The molecule has 5 rings (SSSR count). The van der Waals surface area contributed by atoms with Crippen molar-refractivity contribution in [2.45, 2.75) is 19.4 Å². The highest BCUT2D eigenvalue weighted by Crippen LogP contribution is 2.35. The topological polar surface area (TPSA) is 81.0 Å². The number of benzene rings is 1. The van der Waals surface area contributed by atoms with E-state index < -0.39 is 10.0 Å². The molecule has 1 aliphatic rings. The summed E-state index contributed by atoms with van der Waals surface area (Å²) in [5.74, 6) is 0. The number of nitrogens with zero attached hydrogens (tertiary/aromatic N) is 5. The zero-order valence-electron chi connectivity index (χ0n) is 16.7. The summed E-state index contributed by atoms with van der Waals surface area (Å²) in [5.41, 5.74) is 7.40. The quantitative estimate of drug-likeness (QED) is 0.484.